The molecule has 3 rings (SSSR count). The van der Waals surface area contributed by atoms with Gasteiger partial charge in [0.05, 0.1) is 17.3 Å². The highest BCUT2D eigenvalue weighted by Gasteiger charge is 2.20. The molecule has 0 saturated carbocycles. The minimum atomic E-state index is -0.894. The van der Waals surface area contributed by atoms with Crippen LogP contribution in [0.4, 0.5) is 0 Å². The van der Waals surface area contributed by atoms with Crippen LogP contribution in [0, 0.1) is 6.92 Å². The number of carbonyl (C=O) groups is 1. The number of rotatable bonds is 6. The number of hydrogen-bond donors (Lipinski definition) is 1. The monoisotopic (exact) mass is 348 g/mol. The Morgan fingerprint density at radius 1 is 1.33 bits per heavy atom. The lowest BCUT2D eigenvalue weighted by molar-refractivity contribution is -0.138. The maximum absolute atomic E-state index is 11.2. The first kappa shape index (κ1) is 16.5. The van der Waals surface area contributed by atoms with Crippen molar-refractivity contribution in [3.05, 3.63) is 52.3 Å². The second-order valence-corrected chi connectivity index (χ2v) is 6.08. The number of nitrogens with zero attached hydrogens (tertiary/aromatic N) is 2. The quantitative estimate of drug-likeness (QED) is 0.865. The molecule has 1 aromatic carbocycles. The van der Waals surface area contributed by atoms with E-state index in [9.17, 15) is 4.79 Å². The van der Waals surface area contributed by atoms with E-state index in [0.717, 1.165) is 16.8 Å². The molecule has 0 saturated heterocycles. The van der Waals surface area contributed by atoms with E-state index in [-0.39, 0.29) is 13.3 Å². The van der Waals surface area contributed by atoms with Crippen LogP contribution in [0.5, 0.6) is 11.5 Å². The number of halogens is 1. The maximum Gasteiger partial charge on any atom is 0.317 e. The molecule has 0 spiro atoms. The number of aromatic nitrogens is 1. The van der Waals surface area contributed by atoms with E-state index in [1.807, 2.05) is 25.1 Å². The van der Waals surface area contributed by atoms with Crippen LogP contribution in [0.2, 0.25) is 5.02 Å². The van der Waals surface area contributed by atoms with Crippen LogP contribution < -0.4 is 9.47 Å². The van der Waals surface area contributed by atoms with E-state index in [1.165, 1.54) is 0 Å². The van der Waals surface area contributed by atoms with Crippen LogP contribution in [-0.2, 0) is 17.9 Å². The summed E-state index contributed by atoms with van der Waals surface area (Å²) in [5.74, 6) is 0.223. The first-order valence-corrected chi connectivity index (χ1v) is 7.83. The zero-order valence-electron chi connectivity index (χ0n) is 13.2. The van der Waals surface area contributed by atoms with E-state index in [2.05, 4.69) is 4.98 Å². The van der Waals surface area contributed by atoms with Gasteiger partial charge in [-0.05, 0) is 36.2 Å². The Balaban J connectivity index is 1.78. The van der Waals surface area contributed by atoms with E-state index in [1.54, 1.807) is 17.2 Å². The van der Waals surface area contributed by atoms with E-state index in [4.69, 9.17) is 26.2 Å². The van der Waals surface area contributed by atoms with Crippen LogP contribution in [-0.4, -0.2) is 34.3 Å². The highest BCUT2D eigenvalue weighted by atomic mass is 35.5. The molecule has 0 atom stereocenters. The number of ether oxygens (including phenoxy) is 2. The molecule has 2 aromatic rings. The fraction of sp³-hybridized carbons (Fsp3) is 0.294. The van der Waals surface area contributed by atoms with Gasteiger partial charge in [0.2, 0.25) is 6.79 Å². The molecule has 0 fully saturated rings. The Morgan fingerprint density at radius 3 is 2.88 bits per heavy atom. The lowest BCUT2D eigenvalue weighted by atomic mass is 10.1. The van der Waals surface area contributed by atoms with Gasteiger partial charge in [-0.3, -0.25) is 14.7 Å². The molecule has 0 radical (unpaired) electrons. The summed E-state index contributed by atoms with van der Waals surface area (Å²) in [5.41, 5.74) is 2.73. The molecule has 6 nitrogen and oxygen atoms in total. The highest BCUT2D eigenvalue weighted by molar-refractivity contribution is 6.32. The van der Waals surface area contributed by atoms with Gasteiger partial charge in [0, 0.05) is 19.3 Å². The van der Waals surface area contributed by atoms with Crippen LogP contribution in [0.1, 0.15) is 16.8 Å². The molecular weight excluding hydrogens is 332 g/mol. The van der Waals surface area contributed by atoms with Crippen LogP contribution in [0.15, 0.2) is 30.5 Å². The van der Waals surface area contributed by atoms with Gasteiger partial charge in [-0.2, -0.15) is 0 Å². The van der Waals surface area contributed by atoms with Crippen molar-refractivity contribution in [1.82, 2.24) is 9.88 Å². The van der Waals surface area contributed by atoms with Crippen molar-refractivity contribution in [2.24, 2.45) is 0 Å². The summed E-state index contributed by atoms with van der Waals surface area (Å²) in [6, 6.07) is 7.45. The number of carboxylic acid groups (broad SMARTS) is 1. The number of aryl methyl sites for hydroxylation is 1. The topological polar surface area (TPSA) is 71.9 Å². The SMILES string of the molecule is Cc1ccc(CN(CC(=O)O)Cc2cc(Cl)c3c(c2)OCO3)nc1. The average Bonchev–Trinajstić information content (AvgIpc) is 2.98. The van der Waals surface area contributed by atoms with Gasteiger partial charge >= 0.3 is 5.97 Å². The fourth-order valence-corrected chi connectivity index (χ4v) is 2.84. The minimum absolute atomic E-state index is 0.0956. The summed E-state index contributed by atoms with van der Waals surface area (Å²) in [4.78, 5) is 17.3. The summed E-state index contributed by atoms with van der Waals surface area (Å²) in [6.45, 7) is 2.85. The Bertz CT molecular complexity index is 749. The van der Waals surface area contributed by atoms with Gasteiger partial charge in [0.1, 0.15) is 0 Å². The molecule has 1 aromatic heterocycles. The Morgan fingerprint density at radius 2 is 2.17 bits per heavy atom. The molecular formula is C17H17ClN2O4. The molecule has 1 aliphatic rings. The molecule has 0 aliphatic carbocycles. The van der Waals surface area contributed by atoms with Gasteiger partial charge in [0.25, 0.3) is 0 Å². The second kappa shape index (κ2) is 7.07. The average molecular weight is 349 g/mol. The first-order valence-electron chi connectivity index (χ1n) is 7.45. The van der Waals surface area contributed by atoms with Crippen molar-refractivity contribution in [2.45, 2.75) is 20.0 Å². The van der Waals surface area contributed by atoms with Crippen molar-refractivity contribution in [1.29, 1.82) is 0 Å². The molecule has 24 heavy (non-hydrogen) atoms. The Kier molecular flexibility index (Phi) is 4.87. The lowest BCUT2D eigenvalue weighted by Gasteiger charge is -2.20. The number of aliphatic carboxylic acids is 1. The molecule has 1 N–H and O–H groups in total. The predicted molar refractivity (Wildman–Crippen MR) is 88.3 cm³/mol. The lowest BCUT2D eigenvalue weighted by Crippen LogP contribution is -2.29. The van der Waals surface area contributed by atoms with Crippen molar-refractivity contribution in [2.75, 3.05) is 13.3 Å². The summed E-state index contributed by atoms with van der Waals surface area (Å²) < 4.78 is 10.6. The van der Waals surface area contributed by atoms with Crippen LogP contribution >= 0.6 is 11.6 Å². The predicted octanol–water partition coefficient (Wildman–Crippen LogP) is 2.86. The third kappa shape index (κ3) is 3.96. The third-order valence-electron chi connectivity index (χ3n) is 3.61. The molecule has 7 heteroatoms. The highest BCUT2D eigenvalue weighted by Crippen LogP contribution is 2.40. The summed E-state index contributed by atoms with van der Waals surface area (Å²) in [7, 11) is 0. The number of benzene rings is 1. The van der Waals surface area contributed by atoms with Crippen molar-refractivity contribution >= 4 is 17.6 Å². The normalized spacial score (nSPS) is 12.6. The van der Waals surface area contributed by atoms with E-state index >= 15 is 0 Å². The number of pyridine rings is 1. The summed E-state index contributed by atoms with van der Waals surface area (Å²) >= 11 is 6.19. The van der Waals surface area contributed by atoms with Crippen molar-refractivity contribution in [3.63, 3.8) is 0 Å². The Labute approximate surface area is 144 Å². The van der Waals surface area contributed by atoms with Crippen molar-refractivity contribution in [3.8, 4) is 11.5 Å². The summed E-state index contributed by atoms with van der Waals surface area (Å²) in [5, 5.41) is 9.62. The van der Waals surface area contributed by atoms with Gasteiger partial charge in [-0.1, -0.05) is 17.7 Å². The third-order valence-corrected chi connectivity index (χ3v) is 3.89. The maximum atomic E-state index is 11.2. The smallest absolute Gasteiger partial charge is 0.317 e. The number of hydrogen-bond acceptors (Lipinski definition) is 5. The second-order valence-electron chi connectivity index (χ2n) is 5.68. The minimum Gasteiger partial charge on any atom is -0.480 e. The fourth-order valence-electron chi connectivity index (χ4n) is 2.55. The molecule has 1 aliphatic heterocycles. The molecule has 126 valence electrons. The molecule has 0 bridgehead atoms. The van der Waals surface area contributed by atoms with Gasteiger partial charge in [0.15, 0.2) is 11.5 Å². The standard InChI is InChI=1S/C17H17ClN2O4/c1-11-2-3-13(19-6-11)8-20(9-16(21)22)7-12-4-14(18)17-15(5-12)23-10-24-17/h2-6H,7-10H2,1H3,(H,21,22). The number of carboxylic acids is 1. The van der Waals surface area contributed by atoms with Crippen molar-refractivity contribution < 1.29 is 19.4 Å². The molecule has 0 amide bonds. The van der Waals surface area contributed by atoms with Gasteiger partial charge in [-0.25, -0.2) is 0 Å². The van der Waals surface area contributed by atoms with Crippen LogP contribution in [0.25, 0.3) is 0 Å². The van der Waals surface area contributed by atoms with Crippen LogP contribution in [0.3, 0.4) is 0 Å². The molecule has 0 unspecified atom stereocenters. The first-order chi connectivity index (χ1) is 11.5. The van der Waals surface area contributed by atoms with E-state index in [0.29, 0.717) is 29.6 Å². The van der Waals surface area contributed by atoms with Gasteiger partial charge < -0.3 is 14.6 Å². The zero-order valence-corrected chi connectivity index (χ0v) is 13.9. The van der Waals surface area contributed by atoms with E-state index < -0.39 is 5.97 Å². The summed E-state index contributed by atoms with van der Waals surface area (Å²) in [6.07, 6.45) is 1.77. The Hall–Kier alpha value is -2.31. The zero-order chi connectivity index (χ0) is 17.1. The molecule has 2 heterocycles. The largest absolute Gasteiger partial charge is 0.480 e. The van der Waals surface area contributed by atoms with Gasteiger partial charge in [-0.15, -0.1) is 0 Å². The number of fused-ring (bicyclic) bond motifs is 1.